The van der Waals surface area contributed by atoms with Gasteiger partial charge in [0.2, 0.25) is 0 Å². The third-order valence-electron chi connectivity index (χ3n) is 4.35. The van der Waals surface area contributed by atoms with Gasteiger partial charge < -0.3 is 5.32 Å². The lowest BCUT2D eigenvalue weighted by molar-refractivity contribution is 0.241. The first-order valence-corrected chi connectivity index (χ1v) is 10.3. The molecule has 0 aromatic heterocycles. The van der Waals surface area contributed by atoms with Crippen molar-refractivity contribution < 1.29 is 8.42 Å². The predicted molar refractivity (Wildman–Crippen MR) is 83.2 cm³/mol. The summed E-state index contributed by atoms with van der Waals surface area (Å²) in [4.78, 5) is 0. The largest absolute Gasteiger partial charge is 0.312 e. The monoisotopic (exact) mass is 319 g/mol. The third kappa shape index (κ3) is 3.88. The molecule has 1 aliphatic carbocycles. The molecule has 2 atom stereocenters. The molecule has 0 amide bonds. The second-order valence-electron chi connectivity index (χ2n) is 6.13. The molecule has 2 heterocycles. The Hall–Kier alpha value is 0.180. The van der Waals surface area contributed by atoms with E-state index in [2.05, 4.69) is 10.0 Å². The van der Waals surface area contributed by atoms with E-state index in [4.69, 9.17) is 0 Å². The summed E-state index contributed by atoms with van der Waals surface area (Å²) in [5, 5.41) is 3.48. The van der Waals surface area contributed by atoms with E-state index in [1.165, 1.54) is 12.8 Å². The van der Waals surface area contributed by atoms with Gasteiger partial charge in [0.15, 0.2) is 0 Å². The van der Waals surface area contributed by atoms with Crippen molar-refractivity contribution in [3.63, 3.8) is 0 Å². The van der Waals surface area contributed by atoms with Crippen LogP contribution in [0.1, 0.15) is 38.5 Å². The summed E-state index contributed by atoms with van der Waals surface area (Å²) in [6, 6.07) is 0.903. The number of nitrogens with one attached hydrogen (secondary N) is 2. The quantitative estimate of drug-likeness (QED) is 0.765. The first-order valence-electron chi connectivity index (χ1n) is 7.75. The van der Waals surface area contributed by atoms with Crippen molar-refractivity contribution in [2.45, 2.75) is 56.7 Å². The zero-order valence-corrected chi connectivity index (χ0v) is 13.5. The van der Waals surface area contributed by atoms with Gasteiger partial charge in [-0.25, -0.2) is 0 Å². The Kier molecular flexibility index (Phi) is 4.92. The van der Waals surface area contributed by atoms with E-state index < -0.39 is 10.2 Å². The van der Waals surface area contributed by atoms with E-state index >= 15 is 0 Å². The SMILES string of the molecule is O=S(=O)(NC1CCSC1)N1CCCCC1CNC1CC1. The minimum absolute atomic E-state index is 0.129. The normalized spacial score (nSPS) is 32.6. The Bertz CT molecular complexity index is 419. The summed E-state index contributed by atoms with van der Waals surface area (Å²) in [5.74, 6) is 1.98. The lowest BCUT2D eigenvalue weighted by Crippen LogP contribution is -2.54. The smallest absolute Gasteiger partial charge is 0.280 e. The summed E-state index contributed by atoms with van der Waals surface area (Å²) in [6.07, 6.45) is 6.57. The minimum atomic E-state index is -3.31. The average molecular weight is 319 g/mol. The van der Waals surface area contributed by atoms with Gasteiger partial charge in [0.05, 0.1) is 0 Å². The highest BCUT2D eigenvalue weighted by Crippen LogP contribution is 2.24. The summed E-state index contributed by atoms with van der Waals surface area (Å²) in [7, 11) is -3.31. The van der Waals surface area contributed by atoms with Crippen LogP contribution in [0.4, 0.5) is 0 Å². The topological polar surface area (TPSA) is 61.4 Å². The molecule has 3 fully saturated rings. The van der Waals surface area contributed by atoms with E-state index in [1.807, 2.05) is 11.8 Å². The maximum absolute atomic E-state index is 12.6. The Morgan fingerprint density at radius 2 is 1.95 bits per heavy atom. The summed E-state index contributed by atoms with van der Waals surface area (Å²) in [5.41, 5.74) is 0. The van der Waals surface area contributed by atoms with Gasteiger partial charge in [-0.05, 0) is 37.9 Å². The molecule has 0 bridgehead atoms. The van der Waals surface area contributed by atoms with Crippen molar-refractivity contribution in [1.29, 1.82) is 0 Å². The number of hydrogen-bond donors (Lipinski definition) is 2. The number of thioether (sulfide) groups is 1. The summed E-state index contributed by atoms with van der Waals surface area (Å²) < 4.78 is 29.8. The molecule has 0 spiro atoms. The highest BCUT2D eigenvalue weighted by molar-refractivity contribution is 7.99. The van der Waals surface area contributed by atoms with Gasteiger partial charge in [-0.1, -0.05) is 6.42 Å². The molecule has 3 rings (SSSR count). The Morgan fingerprint density at radius 3 is 2.65 bits per heavy atom. The second-order valence-corrected chi connectivity index (χ2v) is 8.93. The first kappa shape index (κ1) is 15.1. The molecule has 0 radical (unpaired) electrons. The molecule has 7 heteroatoms. The van der Waals surface area contributed by atoms with Gasteiger partial charge in [-0.15, -0.1) is 0 Å². The van der Waals surface area contributed by atoms with Gasteiger partial charge >= 0.3 is 0 Å². The maximum atomic E-state index is 12.6. The molecule has 20 heavy (non-hydrogen) atoms. The van der Waals surface area contributed by atoms with Crippen molar-refractivity contribution in [3.05, 3.63) is 0 Å². The van der Waals surface area contributed by atoms with Gasteiger partial charge in [0.25, 0.3) is 10.2 Å². The van der Waals surface area contributed by atoms with Gasteiger partial charge in [0.1, 0.15) is 0 Å². The molecule has 0 aromatic carbocycles. The highest BCUT2D eigenvalue weighted by Gasteiger charge is 2.35. The van der Waals surface area contributed by atoms with Crippen molar-refractivity contribution in [2.75, 3.05) is 24.6 Å². The standard InChI is InChI=1S/C13H25N3O2S2/c17-20(18,15-12-6-8-19-10-12)16-7-2-1-3-13(16)9-14-11-4-5-11/h11-15H,1-10H2. The van der Waals surface area contributed by atoms with Gasteiger partial charge in [-0.2, -0.15) is 29.2 Å². The molecule has 2 aliphatic heterocycles. The highest BCUT2D eigenvalue weighted by atomic mass is 32.2. The average Bonchev–Trinajstić information content (AvgIpc) is 3.13. The van der Waals surface area contributed by atoms with Crippen LogP contribution in [0.25, 0.3) is 0 Å². The van der Waals surface area contributed by atoms with E-state index in [0.717, 1.165) is 43.7 Å². The van der Waals surface area contributed by atoms with Gasteiger partial charge in [0, 0.05) is 37.0 Å². The lowest BCUT2D eigenvalue weighted by atomic mass is 10.1. The molecule has 2 saturated heterocycles. The molecule has 2 unspecified atom stereocenters. The summed E-state index contributed by atoms with van der Waals surface area (Å²) >= 11 is 1.83. The van der Waals surface area contributed by atoms with Crippen LogP contribution in [-0.4, -0.2) is 55.4 Å². The minimum Gasteiger partial charge on any atom is -0.312 e. The molecule has 0 aromatic rings. The lowest BCUT2D eigenvalue weighted by Gasteiger charge is -2.35. The number of nitrogens with zero attached hydrogens (tertiary/aromatic N) is 1. The molecule has 116 valence electrons. The van der Waals surface area contributed by atoms with Crippen LogP contribution < -0.4 is 10.0 Å². The van der Waals surface area contributed by atoms with E-state index in [-0.39, 0.29) is 12.1 Å². The van der Waals surface area contributed by atoms with Crippen molar-refractivity contribution in [2.24, 2.45) is 0 Å². The number of rotatable bonds is 6. The van der Waals surface area contributed by atoms with E-state index in [1.54, 1.807) is 4.31 Å². The fourth-order valence-electron chi connectivity index (χ4n) is 2.99. The van der Waals surface area contributed by atoms with E-state index in [9.17, 15) is 8.42 Å². The maximum Gasteiger partial charge on any atom is 0.280 e. The Labute approximate surface area is 126 Å². The number of piperidine rings is 1. The van der Waals surface area contributed by atoms with Crippen molar-refractivity contribution >= 4 is 22.0 Å². The zero-order valence-electron chi connectivity index (χ0n) is 11.9. The molecule has 1 saturated carbocycles. The van der Waals surface area contributed by atoms with Crippen LogP contribution in [0, 0.1) is 0 Å². The first-order chi connectivity index (χ1) is 9.65. The molecular formula is C13H25N3O2S2. The fraction of sp³-hybridized carbons (Fsp3) is 1.00. The van der Waals surface area contributed by atoms with Crippen molar-refractivity contribution in [3.8, 4) is 0 Å². The number of hydrogen-bond acceptors (Lipinski definition) is 4. The van der Waals surface area contributed by atoms with Crippen molar-refractivity contribution in [1.82, 2.24) is 14.3 Å². The fourth-order valence-corrected chi connectivity index (χ4v) is 5.95. The molecule has 2 N–H and O–H groups in total. The molecular weight excluding hydrogens is 294 g/mol. The van der Waals surface area contributed by atoms with Crippen LogP contribution >= 0.6 is 11.8 Å². The zero-order chi connectivity index (χ0) is 14.0. The van der Waals surface area contributed by atoms with Crippen LogP contribution in [0.3, 0.4) is 0 Å². The van der Waals surface area contributed by atoms with Crippen LogP contribution in [-0.2, 0) is 10.2 Å². The summed E-state index contributed by atoms with van der Waals surface area (Å²) in [6.45, 7) is 1.48. The molecule has 5 nitrogen and oxygen atoms in total. The molecule has 3 aliphatic rings. The van der Waals surface area contributed by atoms with Crippen LogP contribution in [0.15, 0.2) is 0 Å². The second kappa shape index (κ2) is 6.52. The predicted octanol–water partition coefficient (Wildman–Crippen LogP) is 0.933. The van der Waals surface area contributed by atoms with Crippen LogP contribution in [0.5, 0.6) is 0 Å². The van der Waals surface area contributed by atoms with E-state index in [0.29, 0.717) is 12.6 Å². The Balaban J connectivity index is 1.60. The third-order valence-corrected chi connectivity index (χ3v) is 7.24. The Morgan fingerprint density at radius 1 is 1.10 bits per heavy atom. The van der Waals surface area contributed by atoms with Crippen LogP contribution in [0.2, 0.25) is 0 Å². The van der Waals surface area contributed by atoms with Gasteiger partial charge in [-0.3, -0.25) is 0 Å².